The second kappa shape index (κ2) is 6.91. The Kier molecular flexibility index (Phi) is 4.52. The van der Waals surface area contributed by atoms with Crippen molar-refractivity contribution in [1.29, 1.82) is 0 Å². The van der Waals surface area contributed by atoms with E-state index in [0.29, 0.717) is 17.3 Å². The molecule has 0 bridgehead atoms. The number of amides is 1. The summed E-state index contributed by atoms with van der Waals surface area (Å²) >= 11 is 0. The first-order valence-electron chi connectivity index (χ1n) is 7.66. The lowest BCUT2D eigenvalue weighted by atomic mass is 10.2. The number of nitrogens with one attached hydrogen (secondary N) is 2. The zero-order valence-corrected chi connectivity index (χ0v) is 13.6. The Morgan fingerprint density at radius 3 is 2.29 bits per heavy atom. The minimum Gasteiger partial charge on any atom is -0.340 e. The molecule has 0 saturated carbocycles. The number of aromatic nitrogens is 2. The number of carbonyl (C=O) groups is 1. The van der Waals surface area contributed by atoms with E-state index in [2.05, 4.69) is 20.6 Å². The van der Waals surface area contributed by atoms with Crippen LogP contribution in [-0.4, -0.2) is 15.9 Å². The Morgan fingerprint density at radius 2 is 1.58 bits per heavy atom. The van der Waals surface area contributed by atoms with Gasteiger partial charge in [-0.05, 0) is 38.1 Å². The van der Waals surface area contributed by atoms with Crippen LogP contribution < -0.4 is 10.6 Å². The van der Waals surface area contributed by atoms with E-state index in [0.717, 1.165) is 11.4 Å². The van der Waals surface area contributed by atoms with Crippen molar-refractivity contribution in [1.82, 2.24) is 9.97 Å². The van der Waals surface area contributed by atoms with Gasteiger partial charge in [-0.1, -0.05) is 35.9 Å². The first-order valence-corrected chi connectivity index (χ1v) is 7.66. The molecule has 0 unspecified atom stereocenters. The molecule has 2 N–H and O–H groups in total. The first kappa shape index (κ1) is 15.7. The van der Waals surface area contributed by atoms with Crippen molar-refractivity contribution in [2.45, 2.75) is 13.8 Å². The largest absolute Gasteiger partial charge is 0.340 e. The van der Waals surface area contributed by atoms with Crippen LogP contribution in [0.5, 0.6) is 0 Å². The molecule has 1 amide bonds. The summed E-state index contributed by atoms with van der Waals surface area (Å²) in [7, 11) is 0. The van der Waals surface area contributed by atoms with Crippen molar-refractivity contribution < 1.29 is 4.79 Å². The average molecular weight is 318 g/mol. The number of nitrogens with zero attached hydrogens (tertiary/aromatic N) is 2. The quantitative estimate of drug-likeness (QED) is 0.760. The summed E-state index contributed by atoms with van der Waals surface area (Å²) in [6, 6.07) is 18.9. The summed E-state index contributed by atoms with van der Waals surface area (Å²) in [5.41, 5.74) is 3.14. The van der Waals surface area contributed by atoms with Gasteiger partial charge in [0.2, 0.25) is 0 Å². The SMILES string of the molecule is Cc1ccc(Nc2cc(C(=O)Nc3ccccc3)nc(C)n2)cc1. The van der Waals surface area contributed by atoms with Crippen LogP contribution >= 0.6 is 0 Å². The molecular formula is C19H18N4O. The highest BCUT2D eigenvalue weighted by Gasteiger charge is 2.11. The number of anilines is 3. The normalized spacial score (nSPS) is 10.2. The summed E-state index contributed by atoms with van der Waals surface area (Å²) in [5.74, 6) is 0.855. The van der Waals surface area contributed by atoms with E-state index >= 15 is 0 Å². The number of para-hydroxylation sites is 1. The fourth-order valence-electron chi connectivity index (χ4n) is 2.25. The highest BCUT2D eigenvalue weighted by atomic mass is 16.1. The van der Waals surface area contributed by atoms with E-state index in [4.69, 9.17) is 0 Å². The van der Waals surface area contributed by atoms with Crippen LogP contribution in [0, 0.1) is 13.8 Å². The van der Waals surface area contributed by atoms with Gasteiger partial charge in [-0.2, -0.15) is 0 Å². The second-order valence-corrected chi connectivity index (χ2v) is 5.50. The molecule has 5 heteroatoms. The predicted octanol–water partition coefficient (Wildman–Crippen LogP) is 4.09. The number of hydrogen-bond acceptors (Lipinski definition) is 4. The van der Waals surface area contributed by atoms with Crippen molar-refractivity contribution in [3.05, 3.63) is 77.7 Å². The Morgan fingerprint density at radius 1 is 0.875 bits per heavy atom. The van der Waals surface area contributed by atoms with Gasteiger partial charge in [0.05, 0.1) is 0 Å². The molecule has 0 spiro atoms. The third-order valence-corrected chi connectivity index (χ3v) is 3.43. The highest BCUT2D eigenvalue weighted by Crippen LogP contribution is 2.17. The molecule has 0 atom stereocenters. The van der Waals surface area contributed by atoms with Crippen LogP contribution in [0.3, 0.4) is 0 Å². The van der Waals surface area contributed by atoms with Gasteiger partial charge in [0, 0.05) is 17.4 Å². The van der Waals surface area contributed by atoms with Gasteiger partial charge in [0.15, 0.2) is 0 Å². The zero-order chi connectivity index (χ0) is 16.9. The van der Waals surface area contributed by atoms with Crippen LogP contribution in [0.25, 0.3) is 0 Å². The van der Waals surface area contributed by atoms with Crippen molar-refractivity contribution in [3.8, 4) is 0 Å². The van der Waals surface area contributed by atoms with Crippen molar-refractivity contribution in [3.63, 3.8) is 0 Å². The summed E-state index contributed by atoms with van der Waals surface area (Å²) in [6.07, 6.45) is 0. The maximum atomic E-state index is 12.4. The molecule has 120 valence electrons. The minimum absolute atomic E-state index is 0.265. The van der Waals surface area contributed by atoms with E-state index in [1.807, 2.05) is 61.5 Å². The molecule has 0 saturated heterocycles. The lowest BCUT2D eigenvalue weighted by Crippen LogP contribution is -2.15. The molecule has 3 rings (SSSR count). The van der Waals surface area contributed by atoms with Crippen molar-refractivity contribution in [2.24, 2.45) is 0 Å². The Hall–Kier alpha value is -3.21. The predicted molar refractivity (Wildman–Crippen MR) is 95.6 cm³/mol. The first-order chi connectivity index (χ1) is 11.6. The van der Waals surface area contributed by atoms with Gasteiger partial charge in [-0.15, -0.1) is 0 Å². The van der Waals surface area contributed by atoms with Crippen molar-refractivity contribution >= 4 is 23.1 Å². The Bertz CT molecular complexity index is 845. The zero-order valence-electron chi connectivity index (χ0n) is 13.6. The van der Waals surface area contributed by atoms with Gasteiger partial charge in [-0.3, -0.25) is 4.79 Å². The number of aryl methyl sites for hydroxylation is 2. The molecule has 0 radical (unpaired) electrons. The van der Waals surface area contributed by atoms with Gasteiger partial charge in [0.25, 0.3) is 5.91 Å². The van der Waals surface area contributed by atoms with E-state index in [1.54, 1.807) is 13.0 Å². The Balaban J connectivity index is 1.80. The molecular weight excluding hydrogens is 300 g/mol. The number of benzene rings is 2. The summed E-state index contributed by atoms with van der Waals surface area (Å²) in [4.78, 5) is 20.9. The lowest BCUT2D eigenvalue weighted by Gasteiger charge is -2.09. The van der Waals surface area contributed by atoms with E-state index in [9.17, 15) is 4.79 Å². The lowest BCUT2D eigenvalue weighted by molar-refractivity contribution is 0.102. The maximum absolute atomic E-state index is 12.4. The van der Waals surface area contributed by atoms with Gasteiger partial charge in [-0.25, -0.2) is 9.97 Å². The summed E-state index contributed by atoms with van der Waals surface area (Å²) in [6.45, 7) is 3.80. The van der Waals surface area contributed by atoms with Crippen molar-refractivity contribution in [2.75, 3.05) is 10.6 Å². The maximum Gasteiger partial charge on any atom is 0.274 e. The fraction of sp³-hybridized carbons (Fsp3) is 0.105. The molecule has 1 heterocycles. The topological polar surface area (TPSA) is 66.9 Å². The third kappa shape index (κ3) is 3.95. The van der Waals surface area contributed by atoms with Crippen LogP contribution in [0.2, 0.25) is 0 Å². The minimum atomic E-state index is -0.265. The highest BCUT2D eigenvalue weighted by molar-refractivity contribution is 6.03. The molecule has 0 aliphatic carbocycles. The molecule has 0 fully saturated rings. The third-order valence-electron chi connectivity index (χ3n) is 3.43. The van der Waals surface area contributed by atoms with E-state index < -0.39 is 0 Å². The van der Waals surface area contributed by atoms with Crippen LogP contribution in [-0.2, 0) is 0 Å². The number of rotatable bonds is 4. The Labute approximate surface area is 140 Å². The van der Waals surface area contributed by atoms with E-state index in [-0.39, 0.29) is 5.91 Å². The van der Waals surface area contributed by atoms with Crippen LogP contribution in [0.15, 0.2) is 60.7 Å². The van der Waals surface area contributed by atoms with Crippen LogP contribution in [0.4, 0.5) is 17.2 Å². The fourth-order valence-corrected chi connectivity index (χ4v) is 2.25. The molecule has 0 aliphatic heterocycles. The number of hydrogen-bond donors (Lipinski definition) is 2. The molecule has 0 aliphatic rings. The standard InChI is InChI=1S/C19H18N4O/c1-13-8-10-16(11-9-13)22-18-12-17(20-14(2)21-18)19(24)23-15-6-4-3-5-7-15/h3-12H,1-2H3,(H,23,24)(H,20,21,22). The molecule has 2 aromatic carbocycles. The molecule has 1 aromatic heterocycles. The monoisotopic (exact) mass is 318 g/mol. The molecule has 3 aromatic rings. The average Bonchev–Trinajstić information content (AvgIpc) is 2.57. The summed E-state index contributed by atoms with van der Waals surface area (Å²) < 4.78 is 0. The molecule has 5 nitrogen and oxygen atoms in total. The molecule has 24 heavy (non-hydrogen) atoms. The van der Waals surface area contributed by atoms with Gasteiger partial charge >= 0.3 is 0 Å². The van der Waals surface area contributed by atoms with Crippen LogP contribution in [0.1, 0.15) is 21.9 Å². The summed E-state index contributed by atoms with van der Waals surface area (Å²) in [5, 5.41) is 6.03. The second-order valence-electron chi connectivity index (χ2n) is 5.50. The van der Waals surface area contributed by atoms with Gasteiger partial charge in [0.1, 0.15) is 17.3 Å². The smallest absolute Gasteiger partial charge is 0.274 e. The number of carbonyl (C=O) groups excluding carboxylic acids is 1. The van der Waals surface area contributed by atoms with E-state index in [1.165, 1.54) is 5.56 Å². The van der Waals surface area contributed by atoms with Gasteiger partial charge < -0.3 is 10.6 Å².